The minimum Gasteiger partial charge on any atom is -0.507 e. The van der Waals surface area contributed by atoms with Gasteiger partial charge in [-0.2, -0.15) is 0 Å². The number of hydrogen-bond donors (Lipinski definition) is 2. The van der Waals surface area contributed by atoms with E-state index in [4.69, 9.17) is 14.2 Å². The van der Waals surface area contributed by atoms with Crippen LogP contribution in [0.15, 0.2) is 78.4 Å². The van der Waals surface area contributed by atoms with Gasteiger partial charge in [0.2, 0.25) is 0 Å². The molecule has 44 heavy (non-hydrogen) atoms. The fourth-order valence-corrected chi connectivity index (χ4v) is 5.78. The largest absolute Gasteiger partial charge is 0.507 e. The second-order valence-electron chi connectivity index (χ2n) is 9.76. The summed E-state index contributed by atoms with van der Waals surface area (Å²) in [5.74, 6) is -2.32. The fraction of sp³-hybridized carbons (Fsp3) is 0.212. The van der Waals surface area contributed by atoms with Crippen LogP contribution in [0.2, 0.25) is 0 Å². The molecule has 5 rings (SSSR count). The SMILES string of the molecule is CCOC(=O)c1sc(N2C(=O)C(=O)/C(=C(/O)c3ccc(OCc4ccccc4)cc3)C2c2ccc(O)c(OCC)c2)nc1C. The second-order valence-corrected chi connectivity index (χ2v) is 10.7. The molecule has 0 aliphatic carbocycles. The zero-order valence-electron chi connectivity index (χ0n) is 24.3. The Bertz CT molecular complexity index is 1730. The van der Waals surface area contributed by atoms with Crippen molar-refractivity contribution in [2.75, 3.05) is 18.1 Å². The fourth-order valence-electron chi connectivity index (χ4n) is 4.79. The van der Waals surface area contributed by atoms with Crippen molar-refractivity contribution in [1.82, 2.24) is 4.98 Å². The first-order valence-corrected chi connectivity index (χ1v) is 14.7. The number of aliphatic hydroxyl groups excluding tert-OH is 1. The molecule has 10 nitrogen and oxygen atoms in total. The number of benzene rings is 3. The van der Waals surface area contributed by atoms with Crippen molar-refractivity contribution in [3.8, 4) is 17.2 Å². The van der Waals surface area contributed by atoms with Crippen LogP contribution in [0, 0.1) is 6.92 Å². The number of phenols is 1. The summed E-state index contributed by atoms with van der Waals surface area (Å²) >= 11 is 0.908. The number of ether oxygens (including phenoxy) is 3. The third-order valence-corrected chi connectivity index (χ3v) is 8.01. The molecule has 1 atom stereocenters. The van der Waals surface area contributed by atoms with Crippen LogP contribution in [0.25, 0.3) is 5.76 Å². The van der Waals surface area contributed by atoms with Gasteiger partial charge in [0.15, 0.2) is 16.6 Å². The molecule has 1 amide bonds. The quantitative estimate of drug-likeness (QED) is 0.0963. The predicted molar refractivity (Wildman–Crippen MR) is 164 cm³/mol. The molecule has 4 aromatic rings. The number of carbonyl (C=O) groups excluding carboxylic acids is 3. The van der Waals surface area contributed by atoms with E-state index in [1.807, 2.05) is 30.3 Å². The Hall–Kier alpha value is -5.16. The lowest BCUT2D eigenvalue weighted by Gasteiger charge is -2.23. The first kappa shape index (κ1) is 30.3. The summed E-state index contributed by atoms with van der Waals surface area (Å²) in [7, 11) is 0. The molecule has 1 aliphatic rings. The summed E-state index contributed by atoms with van der Waals surface area (Å²) in [6.45, 7) is 5.79. The zero-order valence-corrected chi connectivity index (χ0v) is 25.1. The lowest BCUT2D eigenvalue weighted by molar-refractivity contribution is -0.132. The molecule has 1 saturated heterocycles. The van der Waals surface area contributed by atoms with Crippen LogP contribution in [0.3, 0.4) is 0 Å². The lowest BCUT2D eigenvalue weighted by atomic mass is 9.95. The van der Waals surface area contributed by atoms with Gasteiger partial charge in [0.1, 0.15) is 23.0 Å². The second kappa shape index (κ2) is 13.0. The first-order chi connectivity index (χ1) is 21.2. The topological polar surface area (TPSA) is 135 Å². The van der Waals surface area contributed by atoms with Gasteiger partial charge >= 0.3 is 11.9 Å². The number of carbonyl (C=O) groups is 3. The van der Waals surface area contributed by atoms with E-state index >= 15 is 0 Å². The van der Waals surface area contributed by atoms with Crippen LogP contribution in [0.1, 0.15) is 51.9 Å². The van der Waals surface area contributed by atoms with E-state index in [9.17, 15) is 24.6 Å². The molecule has 0 saturated carbocycles. The van der Waals surface area contributed by atoms with Crippen LogP contribution in [-0.2, 0) is 20.9 Å². The van der Waals surface area contributed by atoms with Crippen molar-refractivity contribution in [1.29, 1.82) is 0 Å². The highest BCUT2D eigenvalue weighted by atomic mass is 32.1. The number of aromatic nitrogens is 1. The minimum atomic E-state index is -1.15. The van der Waals surface area contributed by atoms with Crippen molar-refractivity contribution in [3.63, 3.8) is 0 Å². The lowest BCUT2D eigenvalue weighted by Crippen LogP contribution is -2.29. The van der Waals surface area contributed by atoms with Crippen molar-refractivity contribution in [2.24, 2.45) is 0 Å². The summed E-state index contributed by atoms with van der Waals surface area (Å²) in [6.07, 6.45) is 0. The number of anilines is 1. The molecule has 226 valence electrons. The van der Waals surface area contributed by atoms with Gasteiger partial charge in [-0.25, -0.2) is 9.78 Å². The van der Waals surface area contributed by atoms with Crippen LogP contribution < -0.4 is 14.4 Å². The van der Waals surface area contributed by atoms with Gasteiger partial charge in [-0.1, -0.05) is 47.7 Å². The van der Waals surface area contributed by atoms with E-state index in [-0.39, 0.29) is 45.9 Å². The minimum absolute atomic E-state index is 0.0763. The number of phenolic OH excluding ortho intramolecular Hbond substituents is 1. The maximum Gasteiger partial charge on any atom is 0.350 e. The van der Waals surface area contributed by atoms with Gasteiger partial charge in [-0.05, 0) is 68.3 Å². The van der Waals surface area contributed by atoms with Crippen LogP contribution in [-0.4, -0.2) is 46.1 Å². The summed E-state index contributed by atoms with van der Waals surface area (Å²) in [5.41, 5.74) is 1.79. The number of thiazole rings is 1. The van der Waals surface area contributed by atoms with Crippen LogP contribution in [0.5, 0.6) is 17.2 Å². The Balaban J connectivity index is 1.57. The molecule has 11 heteroatoms. The third-order valence-electron chi connectivity index (χ3n) is 6.87. The number of Topliss-reactive ketones (excluding diaryl/α,β-unsaturated/α-hetero) is 1. The van der Waals surface area contributed by atoms with Gasteiger partial charge in [0.05, 0.1) is 30.5 Å². The molecular formula is C33H30N2O8S. The summed E-state index contributed by atoms with van der Waals surface area (Å²) in [5, 5.41) is 21.9. The highest BCUT2D eigenvalue weighted by Crippen LogP contribution is 2.45. The Morgan fingerprint density at radius 1 is 0.977 bits per heavy atom. The number of ketones is 1. The monoisotopic (exact) mass is 614 g/mol. The average molecular weight is 615 g/mol. The van der Waals surface area contributed by atoms with E-state index in [1.54, 1.807) is 45.0 Å². The average Bonchev–Trinajstić information content (AvgIpc) is 3.54. The van der Waals surface area contributed by atoms with E-state index in [0.29, 0.717) is 23.6 Å². The van der Waals surface area contributed by atoms with Crippen molar-refractivity contribution in [3.05, 3.63) is 106 Å². The van der Waals surface area contributed by atoms with E-state index in [0.717, 1.165) is 21.8 Å². The molecule has 2 N–H and O–H groups in total. The molecule has 1 aliphatic heterocycles. The Morgan fingerprint density at radius 2 is 1.70 bits per heavy atom. The number of aromatic hydroxyl groups is 1. The summed E-state index contributed by atoms with van der Waals surface area (Å²) in [4.78, 5) is 45.5. The highest BCUT2D eigenvalue weighted by Gasteiger charge is 2.48. The Morgan fingerprint density at radius 3 is 2.39 bits per heavy atom. The first-order valence-electron chi connectivity index (χ1n) is 13.9. The zero-order chi connectivity index (χ0) is 31.4. The third kappa shape index (κ3) is 6.00. The molecular weight excluding hydrogens is 584 g/mol. The number of aryl methyl sites for hydroxylation is 1. The van der Waals surface area contributed by atoms with Gasteiger partial charge in [-0.3, -0.25) is 14.5 Å². The molecule has 1 aromatic heterocycles. The molecule has 2 heterocycles. The molecule has 0 bridgehead atoms. The van der Waals surface area contributed by atoms with Crippen LogP contribution >= 0.6 is 11.3 Å². The molecule has 1 unspecified atom stereocenters. The molecule has 1 fully saturated rings. The molecule has 3 aromatic carbocycles. The van der Waals surface area contributed by atoms with E-state index < -0.39 is 29.5 Å². The highest BCUT2D eigenvalue weighted by molar-refractivity contribution is 7.17. The Kier molecular flexibility index (Phi) is 8.96. The number of amides is 1. The smallest absolute Gasteiger partial charge is 0.350 e. The van der Waals surface area contributed by atoms with Gasteiger partial charge in [-0.15, -0.1) is 0 Å². The molecule has 0 radical (unpaired) electrons. The van der Waals surface area contributed by atoms with E-state index in [1.165, 1.54) is 18.2 Å². The van der Waals surface area contributed by atoms with Gasteiger partial charge in [0, 0.05) is 5.56 Å². The Labute approximate surface area is 257 Å². The predicted octanol–water partition coefficient (Wildman–Crippen LogP) is 5.94. The normalized spacial score (nSPS) is 15.8. The van der Waals surface area contributed by atoms with Crippen LogP contribution in [0.4, 0.5) is 5.13 Å². The number of hydrogen-bond acceptors (Lipinski definition) is 10. The molecule has 0 spiro atoms. The standard InChI is InChI=1S/C33H30N2O8S/c1-4-41-25-17-22(13-16-24(25)36)27-26(28(37)21-11-14-23(15-12-21)43-18-20-9-7-6-8-10-20)29(38)31(39)35(27)33-34-19(3)30(44-33)32(40)42-5-2/h6-17,27,36-37H,4-5,18H2,1-3H3/b28-26+. The number of esters is 1. The van der Waals surface area contributed by atoms with E-state index in [2.05, 4.69) is 4.98 Å². The van der Waals surface area contributed by atoms with Crippen molar-refractivity contribution in [2.45, 2.75) is 33.4 Å². The maximum atomic E-state index is 13.6. The maximum absolute atomic E-state index is 13.6. The van der Waals surface area contributed by atoms with Gasteiger partial charge < -0.3 is 24.4 Å². The number of rotatable bonds is 10. The van der Waals surface area contributed by atoms with Crippen molar-refractivity contribution < 1.29 is 38.8 Å². The summed E-state index contributed by atoms with van der Waals surface area (Å²) < 4.78 is 16.5. The van der Waals surface area contributed by atoms with Crippen molar-refractivity contribution >= 4 is 39.9 Å². The van der Waals surface area contributed by atoms with Gasteiger partial charge in [0.25, 0.3) is 5.78 Å². The summed E-state index contributed by atoms with van der Waals surface area (Å²) in [6, 6.07) is 19.4. The number of aliphatic hydroxyl groups is 1. The number of nitrogens with zero attached hydrogens (tertiary/aromatic N) is 2.